The molecule has 0 bridgehead atoms. The van der Waals surface area contributed by atoms with Gasteiger partial charge in [-0.2, -0.15) is 13.2 Å². The van der Waals surface area contributed by atoms with E-state index in [9.17, 15) is 13.2 Å². The Kier molecular flexibility index (Phi) is 3.27. The van der Waals surface area contributed by atoms with Crippen molar-refractivity contribution in [3.63, 3.8) is 0 Å². The van der Waals surface area contributed by atoms with Gasteiger partial charge in [0.05, 0.1) is 5.56 Å². The van der Waals surface area contributed by atoms with Gasteiger partial charge < -0.3 is 10.6 Å². The van der Waals surface area contributed by atoms with Crippen LogP contribution in [0.4, 0.5) is 24.5 Å². The molecule has 0 saturated carbocycles. The van der Waals surface area contributed by atoms with Crippen LogP contribution in [0.2, 0.25) is 0 Å². The van der Waals surface area contributed by atoms with Crippen LogP contribution in [-0.4, -0.2) is 6.54 Å². The second-order valence-electron chi connectivity index (χ2n) is 5.21. The van der Waals surface area contributed by atoms with Crippen LogP contribution in [0.1, 0.15) is 16.7 Å². The standard InChI is InChI=1S/C16H15F3N2/c17-16(18,19)12-4-1-3-11(9-12)10-21-8-7-13-14(20)5-2-6-15(13)21/h1-6,9H,7-8,10,20H2. The lowest BCUT2D eigenvalue weighted by atomic mass is 10.1. The van der Waals surface area contributed by atoms with Crippen molar-refractivity contribution in [1.82, 2.24) is 0 Å². The zero-order valence-corrected chi connectivity index (χ0v) is 11.3. The van der Waals surface area contributed by atoms with Crippen molar-refractivity contribution in [2.24, 2.45) is 0 Å². The molecule has 0 fully saturated rings. The van der Waals surface area contributed by atoms with Crippen molar-refractivity contribution in [3.8, 4) is 0 Å². The number of halogens is 3. The number of nitrogen functional groups attached to an aromatic ring is 1. The maximum atomic E-state index is 12.7. The Balaban J connectivity index is 1.85. The summed E-state index contributed by atoms with van der Waals surface area (Å²) in [5, 5.41) is 0. The molecule has 3 rings (SSSR count). The third-order valence-corrected chi connectivity index (χ3v) is 3.79. The predicted molar refractivity (Wildman–Crippen MR) is 77.1 cm³/mol. The van der Waals surface area contributed by atoms with Crippen molar-refractivity contribution >= 4 is 11.4 Å². The van der Waals surface area contributed by atoms with E-state index in [1.54, 1.807) is 6.07 Å². The van der Waals surface area contributed by atoms with Crippen LogP contribution in [0.3, 0.4) is 0 Å². The SMILES string of the molecule is Nc1cccc2c1CCN2Cc1cccc(C(F)(F)F)c1. The van der Waals surface area contributed by atoms with Crippen molar-refractivity contribution in [1.29, 1.82) is 0 Å². The molecule has 0 unspecified atom stereocenters. The quantitative estimate of drug-likeness (QED) is 0.852. The molecule has 5 heteroatoms. The molecule has 1 aliphatic heterocycles. The summed E-state index contributed by atoms with van der Waals surface area (Å²) in [6, 6.07) is 11.2. The molecule has 1 heterocycles. The fourth-order valence-corrected chi connectivity index (χ4v) is 2.76. The monoisotopic (exact) mass is 292 g/mol. The smallest absolute Gasteiger partial charge is 0.398 e. The number of nitrogens with two attached hydrogens (primary N) is 1. The Bertz CT molecular complexity index is 665. The third kappa shape index (κ3) is 2.68. The van der Waals surface area contributed by atoms with Gasteiger partial charge in [-0.3, -0.25) is 0 Å². The van der Waals surface area contributed by atoms with E-state index in [4.69, 9.17) is 5.73 Å². The van der Waals surface area contributed by atoms with Gasteiger partial charge in [-0.15, -0.1) is 0 Å². The van der Waals surface area contributed by atoms with Crippen molar-refractivity contribution in [3.05, 3.63) is 59.2 Å². The Morgan fingerprint density at radius 3 is 2.62 bits per heavy atom. The normalized spacial score (nSPS) is 14.3. The number of rotatable bonds is 2. The second-order valence-corrected chi connectivity index (χ2v) is 5.21. The average molecular weight is 292 g/mol. The van der Waals surface area contributed by atoms with E-state index in [0.717, 1.165) is 36.0 Å². The van der Waals surface area contributed by atoms with Crippen molar-refractivity contribution < 1.29 is 13.2 Å². The molecule has 0 aromatic heterocycles. The summed E-state index contributed by atoms with van der Waals surface area (Å²) in [6.07, 6.45) is -3.47. The van der Waals surface area contributed by atoms with Crippen LogP contribution >= 0.6 is 0 Å². The van der Waals surface area contributed by atoms with Gasteiger partial charge in [0.25, 0.3) is 0 Å². The molecular formula is C16H15F3N2. The number of alkyl halides is 3. The molecule has 0 radical (unpaired) electrons. The maximum absolute atomic E-state index is 12.7. The first kappa shape index (κ1) is 13.8. The number of hydrogen-bond acceptors (Lipinski definition) is 2. The molecule has 21 heavy (non-hydrogen) atoms. The first-order chi connectivity index (χ1) is 9.95. The minimum Gasteiger partial charge on any atom is -0.398 e. The number of anilines is 2. The van der Waals surface area contributed by atoms with E-state index in [-0.39, 0.29) is 0 Å². The van der Waals surface area contributed by atoms with Gasteiger partial charge >= 0.3 is 6.18 Å². The second kappa shape index (κ2) is 4.98. The molecule has 1 aliphatic rings. The lowest BCUT2D eigenvalue weighted by Crippen LogP contribution is -2.20. The number of fused-ring (bicyclic) bond motifs is 1. The molecule has 0 saturated heterocycles. The van der Waals surface area contributed by atoms with Gasteiger partial charge in [0.2, 0.25) is 0 Å². The molecule has 110 valence electrons. The van der Waals surface area contributed by atoms with Crippen LogP contribution in [0.5, 0.6) is 0 Å². The first-order valence-electron chi connectivity index (χ1n) is 6.73. The zero-order chi connectivity index (χ0) is 15.0. The average Bonchev–Trinajstić information content (AvgIpc) is 2.83. The van der Waals surface area contributed by atoms with Gasteiger partial charge in [-0.1, -0.05) is 18.2 Å². The molecule has 2 aromatic carbocycles. The highest BCUT2D eigenvalue weighted by atomic mass is 19.4. The highest BCUT2D eigenvalue weighted by Crippen LogP contribution is 2.34. The van der Waals surface area contributed by atoms with Crippen LogP contribution in [0.15, 0.2) is 42.5 Å². The highest BCUT2D eigenvalue weighted by molar-refractivity contribution is 5.68. The zero-order valence-electron chi connectivity index (χ0n) is 11.3. The Labute approximate surface area is 121 Å². The molecular weight excluding hydrogens is 277 g/mol. The molecule has 0 atom stereocenters. The lowest BCUT2D eigenvalue weighted by Gasteiger charge is -2.20. The van der Waals surface area contributed by atoms with Gasteiger partial charge in [-0.05, 0) is 36.2 Å². The van der Waals surface area contributed by atoms with E-state index < -0.39 is 11.7 Å². The van der Waals surface area contributed by atoms with E-state index in [1.807, 2.05) is 18.2 Å². The van der Waals surface area contributed by atoms with E-state index in [2.05, 4.69) is 4.90 Å². The number of hydrogen-bond donors (Lipinski definition) is 1. The Hall–Kier alpha value is -2.17. The van der Waals surface area contributed by atoms with E-state index >= 15 is 0 Å². The summed E-state index contributed by atoms with van der Waals surface area (Å²) < 4.78 is 38.2. The molecule has 2 aromatic rings. The molecule has 2 nitrogen and oxygen atoms in total. The van der Waals surface area contributed by atoms with Gasteiger partial charge in [-0.25, -0.2) is 0 Å². The Morgan fingerprint density at radius 2 is 1.86 bits per heavy atom. The molecule has 0 amide bonds. The van der Waals surface area contributed by atoms with Crippen LogP contribution < -0.4 is 10.6 Å². The molecule has 2 N–H and O–H groups in total. The van der Waals surface area contributed by atoms with Crippen LogP contribution in [0.25, 0.3) is 0 Å². The van der Waals surface area contributed by atoms with Crippen LogP contribution in [0, 0.1) is 0 Å². The maximum Gasteiger partial charge on any atom is 0.416 e. The highest BCUT2D eigenvalue weighted by Gasteiger charge is 2.30. The summed E-state index contributed by atoms with van der Waals surface area (Å²) in [6.45, 7) is 1.24. The van der Waals surface area contributed by atoms with E-state index in [0.29, 0.717) is 12.1 Å². The van der Waals surface area contributed by atoms with Gasteiger partial charge in [0.1, 0.15) is 0 Å². The summed E-state index contributed by atoms with van der Waals surface area (Å²) >= 11 is 0. The summed E-state index contributed by atoms with van der Waals surface area (Å²) in [5.74, 6) is 0. The largest absolute Gasteiger partial charge is 0.416 e. The van der Waals surface area contributed by atoms with Gasteiger partial charge in [0.15, 0.2) is 0 Å². The summed E-state index contributed by atoms with van der Waals surface area (Å²) in [4.78, 5) is 2.07. The minimum atomic E-state index is -4.30. The minimum absolute atomic E-state index is 0.459. The van der Waals surface area contributed by atoms with Crippen molar-refractivity contribution in [2.45, 2.75) is 19.1 Å². The lowest BCUT2D eigenvalue weighted by molar-refractivity contribution is -0.137. The van der Waals surface area contributed by atoms with Crippen molar-refractivity contribution in [2.75, 3.05) is 17.2 Å². The topological polar surface area (TPSA) is 29.3 Å². The first-order valence-corrected chi connectivity index (χ1v) is 6.73. The van der Waals surface area contributed by atoms with E-state index in [1.165, 1.54) is 12.1 Å². The predicted octanol–water partition coefficient (Wildman–Crippen LogP) is 3.85. The fourth-order valence-electron chi connectivity index (χ4n) is 2.76. The number of nitrogens with zero attached hydrogens (tertiary/aromatic N) is 1. The molecule has 0 spiro atoms. The third-order valence-electron chi connectivity index (χ3n) is 3.79. The summed E-state index contributed by atoms with van der Waals surface area (Å²) in [5.41, 5.74) is 8.84. The molecule has 0 aliphatic carbocycles. The Morgan fingerprint density at radius 1 is 1.10 bits per heavy atom. The van der Waals surface area contributed by atoms with Gasteiger partial charge in [0, 0.05) is 30.0 Å². The fraction of sp³-hybridized carbons (Fsp3) is 0.250. The van der Waals surface area contributed by atoms with Crippen LogP contribution in [-0.2, 0) is 19.1 Å². The summed E-state index contributed by atoms with van der Waals surface area (Å²) in [7, 11) is 0. The number of benzene rings is 2.